The second kappa shape index (κ2) is 38.1. The molecule has 0 N–H and O–H groups in total. The third-order valence-corrected chi connectivity index (χ3v) is 5.70. The molecule has 1 aromatic carbocycles. The van der Waals surface area contributed by atoms with Gasteiger partial charge in [-0.2, -0.15) is 0 Å². The quantitative estimate of drug-likeness (QED) is 0.122. The first-order valence-corrected chi connectivity index (χ1v) is 14.9. The number of unbranched alkanes of at least 4 members (excludes halogenated alkanes) is 13. The summed E-state index contributed by atoms with van der Waals surface area (Å²) in [4.78, 5) is 20.8. The molecule has 0 atom stereocenters. The standard InChI is InChI=1S/C15H30O2.C10H12O2.2C4H9.Sn/c1-2-3-4-5-6-7-8-9-10-11-12-13-14-15(16)17;1-2-5-8-6-3-4-7-9(8)10(11)12;2*1-3-4-2;/h2-14H2,1H3,(H,16,17);3-4,6-7H,2,5H2,1H3,(H,11,12);2*1,3-4H2,2H3;/q;;;;+2/p-2. The molecule has 0 fully saturated rings. The Hall–Kier alpha value is -1.04. The summed E-state index contributed by atoms with van der Waals surface area (Å²) in [6, 6.07) is 6.97. The van der Waals surface area contributed by atoms with E-state index < -0.39 is 11.9 Å². The molecular formula is C33H58O4Sn. The molecule has 0 amide bonds. The fourth-order valence-corrected chi connectivity index (χ4v) is 3.32. The maximum Gasteiger partial charge on any atom is 2.00 e. The van der Waals surface area contributed by atoms with Gasteiger partial charge in [0.25, 0.3) is 0 Å². The van der Waals surface area contributed by atoms with Crippen LogP contribution >= 0.6 is 0 Å². The van der Waals surface area contributed by atoms with Gasteiger partial charge in [-0.1, -0.05) is 169 Å². The van der Waals surface area contributed by atoms with Crippen LogP contribution in [0.5, 0.6) is 0 Å². The number of carbonyl (C=O) groups is 2. The summed E-state index contributed by atoms with van der Waals surface area (Å²) < 4.78 is 0. The SMILES string of the molecule is CCCCCCCCCCCCCCC(=O)[O-].CCCc1ccccc1C(=O)[O-].[CH2]CCC.[CH2]CCC.[Sn+2]. The van der Waals surface area contributed by atoms with E-state index in [-0.39, 0.29) is 30.3 Å². The molecule has 0 saturated heterocycles. The number of carbonyl (C=O) groups excluding carboxylic acids is 2. The number of hydrogen-bond acceptors (Lipinski definition) is 4. The molecule has 0 aliphatic carbocycles. The molecule has 1 rings (SSSR count). The minimum absolute atomic E-state index is 0. The summed E-state index contributed by atoms with van der Waals surface area (Å²) in [5.41, 5.74) is 1.18. The maximum absolute atomic E-state index is 10.6. The van der Waals surface area contributed by atoms with E-state index in [0.29, 0.717) is 5.56 Å². The summed E-state index contributed by atoms with van der Waals surface area (Å²) >= 11 is 0. The summed E-state index contributed by atoms with van der Waals surface area (Å²) in [7, 11) is 0. The van der Waals surface area contributed by atoms with E-state index >= 15 is 0 Å². The Morgan fingerprint density at radius 2 is 1.03 bits per heavy atom. The number of carboxylic acid groups (broad SMARTS) is 2. The molecule has 0 saturated carbocycles. The Bertz CT molecular complexity index is 596. The van der Waals surface area contributed by atoms with Crippen LogP contribution in [-0.2, 0) is 11.2 Å². The van der Waals surface area contributed by atoms with Gasteiger partial charge in [0, 0.05) is 11.5 Å². The van der Waals surface area contributed by atoms with Gasteiger partial charge in [-0.15, -0.1) is 0 Å². The number of hydrogen-bond donors (Lipinski definition) is 0. The predicted octanol–water partition coefficient (Wildman–Crippen LogP) is 7.69. The van der Waals surface area contributed by atoms with Gasteiger partial charge < -0.3 is 19.8 Å². The van der Waals surface area contributed by atoms with E-state index in [1.54, 1.807) is 12.1 Å². The number of aliphatic carboxylic acids is 1. The van der Waals surface area contributed by atoms with E-state index in [2.05, 4.69) is 34.6 Å². The van der Waals surface area contributed by atoms with E-state index in [9.17, 15) is 19.8 Å². The summed E-state index contributed by atoms with van der Waals surface area (Å²) in [6.07, 6.45) is 21.8. The fraction of sp³-hybridized carbons (Fsp3) is 0.697. The Morgan fingerprint density at radius 3 is 1.37 bits per heavy atom. The number of benzene rings is 1. The number of carboxylic acids is 2. The van der Waals surface area contributed by atoms with Crippen LogP contribution in [0, 0.1) is 13.8 Å². The van der Waals surface area contributed by atoms with E-state index in [1.165, 1.54) is 77.0 Å². The first kappa shape index (κ1) is 44.0. The van der Waals surface area contributed by atoms with Crippen molar-refractivity contribution in [1.82, 2.24) is 0 Å². The van der Waals surface area contributed by atoms with Gasteiger partial charge in [0.05, 0.1) is 5.97 Å². The maximum atomic E-state index is 10.6. The van der Waals surface area contributed by atoms with Crippen LogP contribution in [0.15, 0.2) is 24.3 Å². The van der Waals surface area contributed by atoms with Crippen LogP contribution in [-0.4, -0.2) is 35.8 Å². The third kappa shape index (κ3) is 37.1. The second-order valence-corrected chi connectivity index (χ2v) is 9.41. The zero-order valence-corrected chi connectivity index (χ0v) is 28.1. The molecule has 0 heterocycles. The van der Waals surface area contributed by atoms with Crippen molar-refractivity contribution >= 4 is 35.8 Å². The Morgan fingerprint density at radius 1 is 0.632 bits per heavy atom. The van der Waals surface area contributed by atoms with Crippen LogP contribution in [0.4, 0.5) is 0 Å². The van der Waals surface area contributed by atoms with Crippen molar-refractivity contribution in [3.63, 3.8) is 0 Å². The first-order valence-electron chi connectivity index (χ1n) is 14.9. The van der Waals surface area contributed by atoms with Crippen molar-refractivity contribution in [3.8, 4) is 0 Å². The molecule has 4 radical (unpaired) electrons. The predicted molar refractivity (Wildman–Crippen MR) is 162 cm³/mol. The van der Waals surface area contributed by atoms with Gasteiger partial charge in [0.2, 0.25) is 0 Å². The largest absolute Gasteiger partial charge is 2.00 e. The van der Waals surface area contributed by atoms with E-state index in [4.69, 9.17) is 0 Å². The van der Waals surface area contributed by atoms with Crippen LogP contribution in [0.1, 0.15) is 159 Å². The van der Waals surface area contributed by atoms with Crippen molar-refractivity contribution in [3.05, 3.63) is 49.2 Å². The van der Waals surface area contributed by atoms with Crippen molar-refractivity contribution in [1.29, 1.82) is 0 Å². The monoisotopic (exact) mass is 638 g/mol. The zero-order chi connectivity index (χ0) is 28.6. The summed E-state index contributed by atoms with van der Waals surface area (Å²) in [5.74, 6) is -1.99. The van der Waals surface area contributed by atoms with Crippen molar-refractivity contribution in [2.24, 2.45) is 0 Å². The molecule has 0 bridgehead atoms. The molecule has 0 aromatic heterocycles. The third-order valence-electron chi connectivity index (χ3n) is 5.70. The number of rotatable bonds is 18. The Kier molecular flexibility index (Phi) is 44.1. The van der Waals surface area contributed by atoms with Crippen LogP contribution in [0.25, 0.3) is 0 Å². The smallest absolute Gasteiger partial charge is 0.550 e. The van der Waals surface area contributed by atoms with Crippen LogP contribution in [0.2, 0.25) is 0 Å². The van der Waals surface area contributed by atoms with E-state index in [0.717, 1.165) is 44.1 Å². The number of aromatic carboxylic acids is 1. The van der Waals surface area contributed by atoms with Crippen molar-refractivity contribution < 1.29 is 19.8 Å². The van der Waals surface area contributed by atoms with Gasteiger partial charge in [0.15, 0.2) is 0 Å². The Labute approximate surface area is 253 Å². The molecule has 0 unspecified atom stereocenters. The molecule has 0 aliphatic heterocycles. The Balaban J connectivity index is -0.000000238. The molecule has 0 spiro atoms. The molecule has 38 heavy (non-hydrogen) atoms. The molecule has 0 aliphatic rings. The minimum Gasteiger partial charge on any atom is -0.550 e. The van der Waals surface area contributed by atoms with Crippen molar-refractivity contribution in [2.75, 3.05) is 0 Å². The molecule has 5 heteroatoms. The number of aryl methyl sites for hydroxylation is 1. The zero-order valence-electron chi connectivity index (χ0n) is 25.3. The molecular weight excluding hydrogens is 579 g/mol. The normalized spacial score (nSPS) is 9.42. The van der Waals surface area contributed by atoms with Crippen LogP contribution < -0.4 is 10.2 Å². The summed E-state index contributed by atoms with van der Waals surface area (Å²) in [6.45, 7) is 15.7. The topological polar surface area (TPSA) is 80.3 Å². The first-order chi connectivity index (χ1) is 17.9. The molecule has 218 valence electrons. The van der Waals surface area contributed by atoms with Gasteiger partial charge in [0.1, 0.15) is 0 Å². The summed E-state index contributed by atoms with van der Waals surface area (Å²) in [5, 5.41) is 20.8. The second-order valence-electron chi connectivity index (χ2n) is 9.41. The fourth-order valence-electron chi connectivity index (χ4n) is 3.32. The van der Waals surface area contributed by atoms with Crippen LogP contribution in [0.3, 0.4) is 0 Å². The molecule has 4 nitrogen and oxygen atoms in total. The average molecular weight is 638 g/mol. The van der Waals surface area contributed by atoms with Gasteiger partial charge in [-0.25, -0.2) is 0 Å². The van der Waals surface area contributed by atoms with E-state index in [1.807, 2.05) is 19.1 Å². The molecule has 1 aromatic rings. The van der Waals surface area contributed by atoms with Gasteiger partial charge >= 0.3 is 23.9 Å². The van der Waals surface area contributed by atoms with Gasteiger partial charge in [-0.05, 0) is 24.8 Å². The van der Waals surface area contributed by atoms with Crippen molar-refractivity contribution in [2.45, 2.75) is 150 Å². The average Bonchev–Trinajstić information content (AvgIpc) is 2.90. The van der Waals surface area contributed by atoms with Gasteiger partial charge in [-0.3, -0.25) is 0 Å². The minimum atomic E-state index is -1.08.